The number of ether oxygens (including phenoxy) is 1. The summed E-state index contributed by atoms with van der Waals surface area (Å²) in [5, 5.41) is 0. The normalized spacial score (nSPS) is 13.1. The van der Waals surface area contributed by atoms with Gasteiger partial charge < -0.3 is 13.3 Å². The van der Waals surface area contributed by atoms with Crippen molar-refractivity contribution in [3.8, 4) is 5.75 Å². The maximum absolute atomic E-state index is 12.4. The van der Waals surface area contributed by atoms with Crippen molar-refractivity contribution in [2.75, 3.05) is 7.11 Å². The summed E-state index contributed by atoms with van der Waals surface area (Å²) in [6, 6.07) is 12.6. The minimum atomic E-state index is -3.93. The van der Waals surface area contributed by atoms with E-state index in [1.807, 2.05) is 26.6 Å². The summed E-state index contributed by atoms with van der Waals surface area (Å²) >= 11 is 0. The Morgan fingerprint density at radius 2 is 1.52 bits per heavy atom. The Balaban J connectivity index is 2.22. The summed E-state index contributed by atoms with van der Waals surface area (Å²) in [6.07, 6.45) is -0.857. The van der Waals surface area contributed by atoms with Gasteiger partial charge in [0, 0.05) is 0 Å². The lowest BCUT2D eigenvalue weighted by atomic mass is 10.1. The number of rotatable bonds is 7. The zero-order valence-corrected chi connectivity index (χ0v) is 17.9. The van der Waals surface area contributed by atoms with Crippen LogP contribution >= 0.6 is 0 Å². The number of aryl methyl sites for hydroxylation is 1. The number of hydrogen-bond acceptors (Lipinski definition) is 6. The highest BCUT2D eigenvalue weighted by molar-refractivity contribution is 7.87. The topological polar surface area (TPSA) is 78.9 Å². The molecule has 2 aromatic carbocycles. The van der Waals surface area contributed by atoms with Crippen LogP contribution in [0.2, 0.25) is 19.6 Å². The summed E-state index contributed by atoms with van der Waals surface area (Å²) in [4.78, 5) is 12.1. The fraction of sp³-hybridized carbons (Fsp3) is 0.316. The Morgan fingerprint density at radius 1 is 0.963 bits per heavy atom. The summed E-state index contributed by atoms with van der Waals surface area (Å²) in [6.45, 7) is 7.77. The van der Waals surface area contributed by atoms with Crippen LogP contribution in [0.25, 0.3) is 0 Å². The van der Waals surface area contributed by atoms with Crippen LogP contribution in [0.5, 0.6) is 5.75 Å². The standard InChI is InChI=1S/C19H24O6SSi/c1-14-6-12-17(13-7-14)26(21,22)24-16-10-8-15(9-11-16)18(19(20)23-2)25-27(3,4)5/h6-13,18H,1-5H3. The van der Waals surface area contributed by atoms with Crippen molar-refractivity contribution in [2.24, 2.45) is 0 Å². The number of methoxy groups -OCH3 is 1. The van der Waals surface area contributed by atoms with Gasteiger partial charge in [-0.2, -0.15) is 8.42 Å². The lowest BCUT2D eigenvalue weighted by Crippen LogP contribution is -2.32. The van der Waals surface area contributed by atoms with Gasteiger partial charge in [0.05, 0.1) is 7.11 Å². The Kier molecular flexibility index (Phi) is 6.45. The molecule has 0 radical (unpaired) electrons. The lowest BCUT2D eigenvalue weighted by molar-refractivity contribution is -0.149. The quantitative estimate of drug-likeness (QED) is 0.394. The van der Waals surface area contributed by atoms with Crippen molar-refractivity contribution >= 4 is 24.4 Å². The van der Waals surface area contributed by atoms with E-state index in [0.717, 1.165) is 5.56 Å². The summed E-state index contributed by atoms with van der Waals surface area (Å²) in [5.41, 5.74) is 1.53. The zero-order chi connectivity index (χ0) is 20.2. The molecule has 1 atom stereocenters. The molecule has 2 aromatic rings. The van der Waals surface area contributed by atoms with E-state index in [0.29, 0.717) is 5.56 Å². The fourth-order valence-corrected chi connectivity index (χ4v) is 4.16. The number of carbonyl (C=O) groups excluding carboxylic acids is 1. The van der Waals surface area contributed by atoms with Gasteiger partial charge in [0.15, 0.2) is 14.4 Å². The Labute approximate surface area is 161 Å². The second-order valence-electron chi connectivity index (χ2n) is 7.05. The van der Waals surface area contributed by atoms with Crippen LogP contribution in [-0.4, -0.2) is 29.8 Å². The predicted octanol–water partition coefficient (Wildman–Crippen LogP) is 3.83. The predicted molar refractivity (Wildman–Crippen MR) is 105 cm³/mol. The first-order valence-electron chi connectivity index (χ1n) is 8.38. The third kappa shape index (κ3) is 5.91. The largest absolute Gasteiger partial charge is 0.467 e. The van der Waals surface area contributed by atoms with Gasteiger partial charge in [0.1, 0.15) is 10.6 Å². The lowest BCUT2D eigenvalue weighted by Gasteiger charge is -2.24. The van der Waals surface area contributed by atoms with Gasteiger partial charge in [-0.1, -0.05) is 29.8 Å². The molecule has 0 aliphatic carbocycles. The highest BCUT2D eigenvalue weighted by atomic mass is 32.2. The minimum Gasteiger partial charge on any atom is -0.467 e. The molecule has 0 aromatic heterocycles. The van der Waals surface area contributed by atoms with E-state index in [-0.39, 0.29) is 10.6 Å². The van der Waals surface area contributed by atoms with Crippen LogP contribution in [0.3, 0.4) is 0 Å². The van der Waals surface area contributed by atoms with Crippen molar-refractivity contribution in [2.45, 2.75) is 37.6 Å². The average molecular weight is 409 g/mol. The molecular formula is C19H24O6SSi. The van der Waals surface area contributed by atoms with Crippen molar-refractivity contribution in [3.63, 3.8) is 0 Å². The van der Waals surface area contributed by atoms with Gasteiger partial charge in [-0.25, -0.2) is 4.79 Å². The SMILES string of the molecule is COC(=O)C(O[Si](C)(C)C)c1ccc(OS(=O)(=O)c2ccc(C)cc2)cc1. The molecule has 0 aliphatic rings. The molecule has 146 valence electrons. The number of carbonyl (C=O) groups is 1. The molecule has 0 saturated heterocycles. The molecule has 8 heteroatoms. The molecule has 0 bridgehead atoms. The van der Waals surface area contributed by atoms with Crippen molar-refractivity contribution in [1.29, 1.82) is 0 Å². The molecule has 0 fully saturated rings. The average Bonchev–Trinajstić information content (AvgIpc) is 2.59. The highest BCUT2D eigenvalue weighted by Gasteiger charge is 2.29. The molecule has 0 amide bonds. The van der Waals surface area contributed by atoms with E-state index in [2.05, 4.69) is 0 Å². The van der Waals surface area contributed by atoms with Gasteiger partial charge >= 0.3 is 16.1 Å². The Bertz CT molecular complexity index is 883. The van der Waals surface area contributed by atoms with Crippen LogP contribution in [0.15, 0.2) is 53.4 Å². The molecule has 0 aliphatic heterocycles. The minimum absolute atomic E-state index is 0.0756. The molecule has 27 heavy (non-hydrogen) atoms. The number of benzene rings is 2. The number of hydrogen-bond donors (Lipinski definition) is 0. The monoisotopic (exact) mass is 408 g/mol. The highest BCUT2D eigenvalue weighted by Crippen LogP contribution is 2.27. The number of esters is 1. The maximum atomic E-state index is 12.4. The van der Waals surface area contributed by atoms with Crippen LogP contribution in [-0.2, 0) is 24.1 Å². The van der Waals surface area contributed by atoms with Gasteiger partial charge in [-0.05, 0) is 56.4 Å². The van der Waals surface area contributed by atoms with Gasteiger partial charge in [0.25, 0.3) is 0 Å². The van der Waals surface area contributed by atoms with Gasteiger partial charge in [0.2, 0.25) is 0 Å². The Hall–Kier alpha value is -2.16. The van der Waals surface area contributed by atoms with E-state index >= 15 is 0 Å². The maximum Gasteiger partial charge on any atom is 0.339 e. The molecule has 6 nitrogen and oxygen atoms in total. The van der Waals surface area contributed by atoms with E-state index in [1.165, 1.54) is 31.4 Å². The summed E-state index contributed by atoms with van der Waals surface area (Å²) in [7, 11) is -4.64. The molecule has 0 heterocycles. The second-order valence-corrected chi connectivity index (χ2v) is 13.1. The third-order valence-electron chi connectivity index (χ3n) is 3.59. The molecule has 0 saturated carbocycles. The first-order valence-corrected chi connectivity index (χ1v) is 13.2. The van der Waals surface area contributed by atoms with Gasteiger partial charge in [-0.15, -0.1) is 0 Å². The first-order chi connectivity index (χ1) is 12.5. The molecule has 1 unspecified atom stereocenters. The van der Waals surface area contributed by atoms with Crippen LogP contribution < -0.4 is 4.18 Å². The van der Waals surface area contributed by atoms with Crippen LogP contribution in [0.4, 0.5) is 0 Å². The van der Waals surface area contributed by atoms with Gasteiger partial charge in [-0.3, -0.25) is 0 Å². The Morgan fingerprint density at radius 3 is 2.00 bits per heavy atom. The molecule has 0 N–H and O–H groups in total. The van der Waals surface area contributed by atoms with E-state index in [4.69, 9.17) is 13.3 Å². The van der Waals surface area contributed by atoms with E-state index in [1.54, 1.807) is 24.3 Å². The second kappa shape index (κ2) is 8.24. The first kappa shape index (κ1) is 21.1. The smallest absolute Gasteiger partial charge is 0.339 e. The fourth-order valence-electron chi connectivity index (χ4n) is 2.29. The van der Waals surface area contributed by atoms with Crippen molar-refractivity contribution < 1.29 is 26.6 Å². The van der Waals surface area contributed by atoms with Crippen molar-refractivity contribution in [3.05, 3.63) is 59.7 Å². The van der Waals surface area contributed by atoms with Crippen LogP contribution in [0, 0.1) is 6.92 Å². The summed E-state index contributed by atoms with van der Waals surface area (Å²) < 4.78 is 40.6. The third-order valence-corrected chi connectivity index (χ3v) is 5.79. The van der Waals surface area contributed by atoms with Crippen molar-refractivity contribution in [1.82, 2.24) is 0 Å². The molecule has 2 rings (SSSR count). The van der Waals surface area contributed by atoms with E-state index < -0.39 is 30.5 Å². The molecule has 0 spiro atoms. The zero-order valence-electron chi connectivity index (χ0n) is 16.1. The summed E-state index contributed by atoms with van der Waals surface area (Å²) in [5.74, 6) is -0.352. The van der Waals surface area contributed by atoms with E-state index in [9.17, 15) is 13.2 Å². The van der Waals surface area contributed by atoms with Crippen LogP contribution in [0.1, 0.15) is 17.2 Å². The molecular weight excluding hydrogens is 384 g/mol.